The quantitative estimate of drug-likeness (QED) is 0.655. The van der Waals surface area contributed by atoms with Gasteiger partial charge in [-0.3, -0.25) is 14.5 Å². The van der Waals surface area contributed by atoms with Gasteiger partial charge >= 0.3 is 12.0 Å². The zero-order valence-corrected chi connectivity index (χ0v) is 11.0. The zero-order valence-electron chi connectivity index (χ0n) is 11.0. The second-order valence-electron chi connectivity index (χ2n) is 4.50. The maximum atomic E-state index is 13.8. The molecular weight excluding hydrogens is 267 g/mol. The molecule has 7 heteroatoms. The Morgan fingerprint density at radius 3 is 2.65 bits per heavy atom. The van der Waals surface area contributed by atoms with E-state index in [2.05, 4.69) is 10.1 Å². The number of urea groups is 1. The average Bonchev–Trinajstić information content (AvgIpc) is 2.63. The number of benzene rings is 1. The lowest BCUT2D eigenvalue weighted by atomic mass is 9.91. The molecule has 1 fully saturated rings. The Kier molecular flexibility index (Phi) is 3.44. The van der Waals surface area contributed by atoms with Crippen molar-refractivity contribution in [3.63, 3.8) is 0 Å². The Morgan fingerprint density at radius 2 is 2.05 bits per heavy atom. The Labute approximate surface area is 114 Å². The van der Waals surface area contributed by atoms with Crippen molar-refractivity contribution in [1.82, 2.24) is 10.2 Å². The third kappa shape index (κ3) is 2.11. The van der Waals surface area contributed by atoms with E-state index in [1.54, 1.807) is 6.07 Å². The maximum Gasteiger partial charge on any atom is 0.325 e. The summed E-state index contributed by atoms with van der Waals surface area (Å²) in [4.78, 5) is 36.0. The fourth-order valence-electron chi connectivity index (χ4n) is 2.08. The van der Waals surface area contributed by atoms with Crippen LogP contribution in [0.4, 0.5) is 9.18 Å². The third-order valence-electron chi connectivity index (χ3n) is 3.20. The minimum atomic E-state index is -1.53. The van der Waals surface area contributed by atoms with E-state index in [1.807, 2.05) is 0 Å². The van der Waals surface area contributed by atoms with Crippen molar-refractivity contribution < 1.29 is 23.5 Å². The smallest absolute Gasteiger partial charge is 0.325 e. The molecule has 1 aliphatic rings. The fourth-order valence-corrected chi connectivity index (χ4v) is 2.08. The largest absolute Gasteiger partial charge is 0.468 e. The highest BCUT2D eigenvalue weighted by Gasteiger charge is 2.50. The molecule has 6 nitrogen and oxygen atoms in total. The van der Waals surface area contributed by atoms with Crippen molar-refractivity contribution in [3.8, 4) is 0 Å². The van der Waals surface area contributed by atoms with Gasteiger partial charge in [-0.25, -0.2) is 9.18 Å². The van der Waals surface area contributed by atoms with Crippen molar-refractivity contribution in [2.75, 3.05) is 13.7 Å². The van der Waals surface area contributed by atoms with E-state index >= 15 is 0 Å². The predicted molar refractivity (Wildman–Crippen MR) is 66.0 cm³/mol. The van der Waals surface area contributed by atoms with Crippen molar-refractivity contribution in [3.05, 3.63) is 35.6 Å². The number of carbonyl (C=O) groups excluding carboxylic acids is 3. The Balaban J connectivity index is 2.36. The van der Waals surface area contributed by atoms with Gasteiger partial charge in [0.2, 0.25) is 0 Å². The molecule has 20 heavy (non-hydrogen) atoms. The summed E-state index contributed by atoms with van der Waals surface area (Å²) in [5.41, 5.74) is -1.48. The number of amides is 3. The van der Waals surface area contributed by atoms with Crippen LogP contribution < -0.4 is 5.32 Å². The van der Waals surface area contributed by atoms with Crippen LogP contribution in [0.5, 0.6) is 0 Å². The molecule has 1 aromatic carbocycles. The van der Waals surface area contributed by atoms with Gasteiger partial charge in [0.1, 0.15) is 17.9 Å². The van der Waals surface area contributed by atoms with Crippen LogP contribution in [0.1, 0.15) is 12.5 Å². The molecule has 3 amide bonds. The first-order chi connectivity index (χ1) is 9.40. The highest BCUT2D eigenvalue weighted by molar-refractivity contribution is 6.08. The van der Waals surface area contributed by atoms with E-state index in [4.69, 9.17) is 0 Å². The molecule has 1 unspecified atom stereocenters. The summed E-state index contributed by atoms with van der Waals surface area (Å²) in [6.07, 6.45) is 0. The van der Waals surface area contributed by atoms with Gasteiger partial charge < -0.3 is 10.1 Å². The molecule has 0 saturated carbocycles. The Morgan fingerprint density at radius 1 is 1.40 bits per heavy atom. The number of hydrogen-bond donors (Lipinski definition) is 1. The lowest BCUT2D eigenvalue weighted by Crippen LogP contribution is -2.42. The van der Waals surface area contributed by atoms with Gasteiger partial charge in [0.05, 0.1) is 7.11 Å². The second kappa shape index (κ2) is 4.92. The van der Waals surface area contributed by atoms with Crippen LogP contribution in [0.3, 0.4) is 0 Å². The summed E-state index contributed by atoms with van der Waals surface area (Å²) in [6.45, 7) is 0.883. The number of methoxy groups -OCH3 is 1. The van der Waals surface area contributed by atoms with Crippen LogP contribution in [0.25, 0.3) is 0 Å². The van der Waals surface area contributed by atoms with Crippen LogP contribution >= 0.6 is 0 Å². The van der Waals surface area contributed by atoms with E-state index in [-0.39, 0.29) is 5.56 Å². The van der Waals surface area contributed by atoms with Gasteiger partial charge in [-0.05, 0) is 13.0 Å². The lowest BCUT2D eigenvalue weighted by Gasteiger charge is -2.22. The van der Waals surface area contributed by atoms with Crippen LogP contribution in [0.2, 0.25) is 0 Å². The normalized spacial score (nSPS) is 21.9. The molecule has 0 spiro atoms. The van der Waals surface area contributed by atoms with E-state index in [0.717, 1.165) is 7.11 Å². The topological polar surface area (TPSA) is 75.7 Å². The Bertz CT molecular complexity index is 589. The molecule has 1 aliphatic heterocycles. The minimum Gasteiger partial charge on any atom is -0.468 e. The molecule has 1 N–H and O–H groups in total. The first-order valence-electron chi connectivity index (χ1n) is 5.86. The number of nitrogens with one attached hydrogen (secondary N) is 1. The van der Waals surface area contributed by atoms with Gasteiger partial charge in [-0.2, -0.15) is 0 Å². The maximum absolute atomic E-state index is 13.8. The van der Waals surface area contributed by atoms with Crippen molar-refractivity contribution >= 4 is 17.9 Å². The first-order valence-corrected chi connectivity index (χ1v) is 5.86. The molecule has 0 bridgehead atoms. The third-order valence-corrected chi connectivity index (χ3v) is 3.20. The summed E-state index contributed by atoms with van der Waals surface area (Å²) in [5, 5.41) is 2.41. The van der Waals surface area contributed by atoms with Gasteiger partial charge in [0.15, 0.2) is 0 Å². The standard InChI is InChI=1S/C13H13FN2O4/c1-13(8-5-3-4-6-9(8)14)11(18)16(12(19)15-13)7-10(17)20-2/h3-6H,7H2,1-2H3,(H,15,19). The number of imide groups is 1. The van der Waals surface area contributed by atoms with E-state index in [9.17, 15) is 18.8 Å². The second-order valence-corrected chi connectivity index (χ2v) is 4.50. The van der Waals surface area contributed by atoms with Crippen LogP contribution in [-0.4, -0.2) is 36.5 Å². The molecule has 0 aromatic heterocycles. The fraction of sp³-hybridized carbons (Fsp3) is 0.308. The highest BCUT2D eigenvalue weighted by atomic mass is 19.1. The molecule has 106 valence electrons. The van der Waals surface area contributed by atoms with Crippen LogP contribution in [-0.2, 0) is 19.9 Å². The van der Waals surface area contributed by atoms with Gasteiger partial charge in [-0.1, -0.05) is 18.2 Å². The number of halogens is 1. The summed E-state index contributed by atoms with van der Waals surface area (Å²) in [5.74, 6) is -2.03. The van der Waals surface area contributed by atoms with Crippen LogP contribution in [0, 0.1) is 5.82 Å². The zero-order chi connectivity index (χ0) is 14.9. The van der Waals surface area contributed by atoms with Crippen molar-refractivity contribution in [2.45, 2.75) is 12.5 Å². The van der Waals surface area contributed by atoms with Gasteiger partial charge in [0.25, 0.3) is 5.91 Å². The van der Waals surface area contributed by atoms with E-state index in [0.29, 0.717) is 4.90 Å². The number of nitrogens with zero attached hydrogens (tertiary/aromatic N) is 1. The lowest BCUT2D eigenvalue weighted by molar-refractivity contribution is -0.145. The number of carbonyl (C=O) groups is 3. The van der Waals surface area contributed by atoms with Crippen molar-refractivity contribution in [2.24, 2.45) is 0 Å². The SMILES string of the molecule is COC(=O)CN1C(=O)NC(C)(c2ccccc2F)C1=O. The Hall–Kier alpha value is -2.44. The molecule has 0 radical (unpaired) electrons. The number of esters is 1. The molecule has 0 aliphatic carbocycles. The highest BCUT2D eigenvalue weighted by Crippen LogP contribution is 2.30. The van der Waals surface area contributed by atoms with Gasteiger partial charge in [0, 0.05) is 5.56 Å². The van der Waals surface area contributed by atoms with Gasteiger partial charge in [-0.15, -0.1) is 0 Å². The monoisotopic (exact) mass is 280 g/mol. The summed E-state index contributed by atoms with van der Waals surface area (Å²) < 4.78 is 18.2. The number of rotatable bonds is 3. The predicted octanol–water partition coefficient (Wildman–Crippen LogP) is 0.766. The van der Waals surface area contributed by atoms with E-state index < -0.39 is 35.8 Å². The summed E-state index contributed by atoms with van der Waals surface area (Å²) in [6, 6.07) is 4.89. The molecule has 1 atom stereocenters. The molecule has 1 aromatic rings. The molecule has 1 heterocycles. The number of hydrogen-bond acceptors (Lipinski definition) is 4. The van der Waals surface area contributed by atoms with Crippen molar-refractivity contribution in [1.29, 1.82) is 0 Å². The molecular formula is C13H13FN2O4. The number of ether oxygens (including phenoxy) is 1. The molecule has 1 saturated heterocycles. The first kappa shape index (κ1) is 14.0. The van der Waals surface area contributed by atoms with Crippen LogP contribution in [0.15, 0.2) is 24.3 Å². The van der Waals surface area contributed by atoms with E-state index in [1.165, 1.54) is 25.1 Å². The minimum absolute atomic E-state index is 0.0470. The average molecular weight is 280 g/mol. The summed E-state index contributed by atoms with van der Waals surface area (Å²) >= 11 is 0. The molecule has 2 rings (SSSR count). The summed E-state index contributed by atoms with van der Waals surface area (Å²) in [7, 11) is 1.15.